The summed E-state index contributed by atoms with van der Waals surface area (Å²) in [5.74, 6) is 0.678. The summed E-state index contributed by atoms with van der Waals surface area (Å²) in [5.41, 5.74) is 1.85. The van der Waals surface area contributed by atoms with Crippen LogP contribution < -0.4 is 15.5 Å². The molecule has 2 heterocycles. The number of benzene rings is 1. The van der Waals surface area contributed by atoms with Crippen molar-refractivity contribution in [3.05, 3.63) is 54.2 Å². The number of hydrogen-bond donors (Lipinski definition) is 2. The molecule has 1 aromatic carbocycles. The molecule has 2 N–H and O–H groups in total. The number of nitrogens with one attached hydrogen (secondary N) is 2. The maximum absolute atomic E-state index is 12.7. The molecule has 2 fully saturated rings. The second kappa shape index (κ2) is 7.42. The van der Waals surface area contributed by atoms with E-state index in [1.165, 1.54) is 0 Å². The number of carbonyl (C=O) groups excluding carboxylic acids is 1. The number of pyridine rings is 1. The first-order valence-corrected chi connectivity index (χ1v) is 8.57. The molecule has 0 spiro atoms. The summed E-state index contributed by atoms with van der Waals surface area (Å²) in [5, 5.41) is 6.33. The normalized spacial score (nSPS) is 18.2. The van der Waals surface area contributed by atoms with Gasteiger partial charge in [-0.15, -0.1) is 12.4 Å². The summed E-state index contributed by atoms with van der Waals surface area (Å²) in [6, 6.07) is 14.0. The largest absolute Gasteiger partial charge is 0.368 e. The van der Waals surface area contributed by atoms with Gasteiger partial charge >= 0.3 is 0 Å². The maximum atomic E-state index is 12.7. The molecule has 1 amide bonds. The monoisotopic (exact) mass is 358 g/mol. The average molecular weight is 359 g/mol. The molecule has 0 atom stereocenters. The van der Waals surface area contributed by atoms with Gasteiger partial charge in [-0.2, -0.15) is 0 Å². The van der Waals surface area contributed by atoms with E-state index in [2.05, 4.69) is 20.5 Å². The summed E-state index contributed by atoms with van der Waals surface area (Å²) in [7, 11) is 0. The van der Waals surface area contributed by atoms with Crippen molar-refractivity contribution in [2.24, 2.45) is 0 Å². The highest BCUT2D eigenvalue weighted by atomic mass is 35.5. The van der Waals surface area contributed by atoms with Crippen molar-refractivity contribution >= 4 is 29.8 Å². The van der Waals surface area contributed by atoms with Crippen molar-refractivity contribution in [1.29, 1.82) is 0 Å². The minimum absolute atomic E-state index is 0. The van der Waals surface area contributed by atoms with Gasteiger partial charge < -0.3 is 15.5 Å². The molecule has 6 heteroatoms. The van der Waals surface area contributed by atoms with Crippen molar-refractivity contribution in [2.45, 2.75) is 18.3 Å². The third-order valence-electron chi connectivity index (χ3n) is 4.98. The van der Waals surface area contributed by atoms with Crippen molar-refractivity contribution in [3.63, 3.8) is 0 Å². The smallest absolute Gasteiger partial charge is 0.236 e. The summed E-state index contributed by atoms with van der Waals surface area (Å²) >= 11 is 0. The van der Waals surface area contributed by atoms with E-state index in [9.17, 15) is 4.79 Å². The molecule has 0 radical (unpaired) electrons. The molecule has 5 nitrogen and oxygen atoms in total. The zero-order valence-corrected chi connectivity index (χ0v) is 14.9. The molecule has 25 heavy (non-hydrogen) atoms. The second-order valence-corrected chi connectivity index (χ2v) is 6.54. The Labute approximate surface area is 154 Å². The van der Waals surface area contributed by atoms with Gasteiger partial charge in [0, 0.05) is 26.2 Å². The van der Waals surface area contributed by atoms with Gasteiger partial charge in [0.25, 0.3) is 0 Å². The van der Waals surface area contributed by atoms with Gasteiger partial charge in [-0.25, -0.2) is 4.98 Å². The van der Waals surface area contributed by atoms with Crippen LogP contribution in [0.5, 0.6) is 0 Å². The lowest BCUT2D eigenvalue weighted by Crippen LogP contribution is -2.43. The Morgan fingerprint density at radius 3 is 2.40 bits per heavy atom. The van der Waals surface area contributed by atoms with Crippen LogP contribution in [0.15, 0.2) is 48.7 Å². The van der Waals surface area contributed by atoms with Crippen LogP contribution in [0.25, 0.3) is 0 Å². The van der Waals surface area contributed by atoms with Crippen LogP contribution in [-0.2, 0) is 10.2 Å². The Morgan fingerprint density at radius 1 is 1.08 bits per heavy atom. The molecule has 1 aromatic heterocycles. The van der Waals surface area contributed by atoms with Gasteiger partial charge in [-0.3, -0.25) is 4.79 Å². The first-order valence-electron chi connectivity index (χ1n) is 8.57. The van der Waals surface area contributed by atoms with E-state index in [1.807, 2.05) is 48.7 Å². The summed E-state index contributed by atoms with van der Waals surface area (Å²) in [6.45, 7) is 3.98. The van der Waals surface area contributed by atoms with Crippen LogP contribution in [0, 0.1) is 0 Å². The molecular weight excluding hydrogens is 336 g/mol. The number of rotatable bonds is 4. The van der Waals surface area contributed by atoms with Gasteiger partial charge in [0.2, 0.25) is 5.91 Å². The van der Waals surface area contributed by atoms with Gasteiger partial charge in [0.15, 0.2) is 0 Å². The van der Waals surface area contributed by atoms with Gasteiger partial charge in [0.05, 0.1) is 17.3 Å². The van der Waals surface area contributed by atoms with Crippen molar-refractivity contribution < 1.29 is 4.79 Å². The zero-order valence-electron chi connectivity index (χ0n) is 14.1. The minimum atomic E-state index is -0.361. The van der Waals surface area contributed by atoms with Crippen LogP contribution in [0.3, 0.4) is 0 Å². The van der Waals surface area contributed by atoms with Gasteiger partial charge in [-0.05, 0) is 30.5 Å². The number of amides is 1. The van der Waals surface area contributed by atoms with Gasteiger partial charge in [-0.1, -0.05) is 30.3 Å². The number of halogens is 1. The van der Waals surface area contributed by atoms with Crippen LogP contribution >= 0.6 is 12.4 Å². The average Bonchev–Trinajstić information content (AvgIpc) is 3.46. The third kappa shape index (κ3) is 3.62. The third-order valence-corrected chi connectivity index (χ3v) is 4.98. The van der Waals surface area contributed by atoms with E-state index in [4.69, 9.17) is 0 Å². The fourth-order valence-corrected chi connectivity index (χ4v) is 3.34. The topological polar surface area (TPSA) is 57.3 Å². The predicted molar refractivity (Wildman–Crippen MR) is 103 cm³/mol. The quantitative estimate of drug-likeness (QED) is 0.882. The molecule has 132 valence electrons. The molecule has 2 aromatic rings. The summed E-state index contributed by atoms with van der Waals surface area (Å²) in [4.78, 5) is 19.5. The number of anilines is 2. The molecule has 4 rings (SSSR count). The van der Waals surface area contributed by atoms with Crippen molar-refractivity contribution in [3.8, 4) is 0 Å². The lowest BCUT2D eigenvalue weighted by molar-refractivity contribution is -0.118. The zero-order chi connectivity index (χ0) is 16.4. The maximum Gasteiger partial charge on any atom is 0.236 e. The van der Waals surface area contributed by atoms with E-state index in [1.54, 1.807) is 0 Å². The fourth-order valence-electron chi connectivity index (χ4n) is 3.34. The van der Waals surface area contributed by atoms with E-state index >= 15 is 0 Å². The van der Waals surface area contributed by atoms with Crippen LogP contribution in [0.2, 0.25) is 0 Å². The molecule has 1 aliphatic heterocycles. The van der Waals surface area contributed by atoms with E-state index < -0.39 is 0 Å². The summed E-state index contributed by atoms with van der Waals surface area (Å²) < 4.78 is 0. The summed E-state index contributed by atoms with van der Waals surface area (Å²) in [6.07, 6.45) is 3.66. The fraction of sp³-hybridized carbons (Fsp3) is 0.368. The Bertz CT molecular complexity index is 710. The molecule has 1 saturated carbocycles. The van der Waals surface area contributed by atoms with Crippen LogP contribution in [0.1, 0.15) is 18.4 Å². The lowest BCUT2D eigenvalue weighted by Gasteiger charge is -2.29. The molecule has 0 bridgehead atoms. The number of aromatic nitrogens is 1. The molecule has 1 saturated heterocycles. The standard InChI is InChI=1S/C19H22N4O.ClH/c24-18(19(8-9-19)15-4-2-1-3-5-15)22-17-7-6-16(14-21-17)23-12-10-20-11-13-23;/h1-7,14,20H,8-13H2,(H,21,22,24);1H. The lowest BCUT2D eigenvalue weighted by atomic mass is 9.95. The van der Waals surface area contributed by atoms with Crippen LogP contribution in [0.4, 0.5) is 11.5 Å². The Kier molecular flexibility index (Phi) is 5.25. The van der Waals surface area contributed by atoms with Crippen LogP contribution in [-0.4, -0.2) is 37.1 Å². The molecule has 0 unspecified atom stereocenters. The SMILES string of the molecule is Cl.O=C(Nc1ccc(N2CCNCC2)cn1)C1(c2ccccc2)CC1. The second-order valence-electron chi connectivity index (χ2n) is 6.54. The first-order chi connectivity index (χ1) is 11.8. The van der Waals surface area contributed by atoms with E-state index in [0.717, 1.165) is 50.3 Å². The Hall–Kier alpha value is -2.11. The minimum Gasteiger partial charge on any atom is -0.368 e. The highest BCUT2D eigenvalue weighted by Gasteiger charge is 2.51. The highest BCUT2D eigenvalue weighted by molar-refractivity contribution is 6.00. The van der Waals surface area contributed by atoms with E-state index in [-0.39, 0.29) is 23.7 Å². The number of piperazine rings is 1. The first kappa shape index (κ1) is 17.7. The Balaban J connectivity index is 0.00000182. The number of carbonyl (C=O) groups is 1. The highest BCUT2D eigenvalue weighted by Crippen LogP contribution is 2.48. The van der Waals surface area contributed by atoms with Crippen molar-refractivity contribution in [1.82, 2.24) is 10.3 Å². The van der Waals surface area contributed by atoms with Gasteiger partial charge in [0.1, 0.15) is 5.82 Å². The molecule has 2 aliphatic rings. The van der Waals surface area contributed by atoms with E-state index in [0.29, 0.717) is 5.82 Å². The molecular formula is C19H23ClN4O. The number of nitrogens with zero attached hydrogens (tertiary/aromatic N) is 2. The Morgan fingerprint density at radius 2 is 1.80 bits per heavy atom. The predicted octanol–water partition coefficient (Wildman–Crippen LogP) is 2.58. The number of hydrogen-bond acceptors (Lipinski definition) is 4. The van der Waals surface area contributed by atoms with Crippen molar-refractivity contribution in [2.75, 3.05) is 36.4 Å². The molecule has 1 aliphatic carbocycles.